The molecule has 23 heavy (non-hydrogen) atoms. The van der Waals surface area contributed by atoms with E-state index in [0.29, 0.717) is 10.3 Å². The fourth-order valence-electron chi connectivity index (χ4n) is 3.19. The van der Waals surface area contributed by atoms with Gasteiger partial charge < -0.3 is 10.0 Å². The highest BCUT2D eigenvalue weighted by Crippen LogP contribution is 2.48. The van der Waals surface area contributed by atoms with Crippen LogP contribution in [0.3, 0.4) is 0 Å². The Labute approximate surface area is 144 Å². The first kappa shape index (κ1) is 14.8. The highest BCUT2D eigenvalue weighted by Gasteiger charge is 2.43. The quantitative estimate of drug-likeness (QED) is 0.892. The number of thioether (sulfide) groups is 1. The number of aromatic hydroxyl groups is 1. The van der Waals surface area contributed by atoms with Gasteiger partial charge in [-0.2, -0.15) is 0 Å². The molecule has 1 aromatic heterocycles. The van der Waals surface area contributed by atoms with Gasteiger partial charge in [-0.1, -0.05) is 42.4 Å². The third-order valence-electron chi connectivity index (χ3n) is 4.19. The summed E-state index contributed by atoms with van der Waals surface area (Å²) in [6, 6.07) is 11.3. The molecule has 0 saturated carbocycles. The van der Waals surface area contributed by atoms with Crippen LogP contribution in [0.2, 0.25) is 5.02 Å². The number of aliphatic imine (C=N–C) groups is 1. The van der Waals surface area contributed by atoms with E-state index in [2.05, 4.69) is 16.8 Å². The Morgan fingerprint density at radius 1 is 1.30 bits per heavy atom. The van der Waals surface area contributed by atoms with Crippen molar-refractivity contribution in [1.29, 1.82) is 0 Å². The molecular weight excluding hydrogens is 330 g/mol. The molecule has 2 aromatic rings. The Morgan fingerprint density at radius 3 is 2.91 bits per heavy atom. The highest BCUT2D eigenvalue weighted by molar-refractivity contribution is 8.14. The van der Waals surface area contributed by atoms with Gasteiger partial charge in [-0.05, 0) is 29.8 Å². The van der Waals surface area contributed by atoms with E-state index in [0.717, 1.165) is 23.0 Å². The summed E-state index contributed by atoms with van der Waals surface area (Å²) in [5, 5.41) is 11.7. The molecule has 2 aliphatic rings. The topological polar surface area (TPSA) is 48.7 Å². The molecule has 0 bridgehead atoms. The van der Waals surface area contributed by atoms with E-state index in [1.54, 1.807) is 24.0 Å². The lowest BCUT2D eigenvalue weighted by atomic mass is 9.96. The van der Waals surface area contributed by atoms with Gasteiger partial charge in [0.15, 0.2) is 5.17 Å². The van der Waals surface area contributed by atoms with Crippen LogP contribution in [-0.2, 0) is 0 Å². The van der Waals surface area contributed by atoms with Crippen molar-refractivity contribution in [3.8, 4) is 5.75 Å². The standard InChI is InChI=1S/C17H16ClN3OS/c1-10-9-21-16(11-5-6-14(22)12(18)8-11)15(20-17(21)23-10)13-4-2-3-7-19-13/h2-8,10,15-16,22H,9H2,1H3. The first-order valence-corrected chi connectivity index (χ1v) is 8.79. The molecule has 2 aliphatic heterocycles. The number of amidine groups is 1. The van der Waals surface area contributed by atoms with Crippen LogP contribution in [0.4, 0.5) is 0 Å². The van der Waals surface area contributed by atoms with Gasteiger partial charge in [0.25, 0.3) is 0 Å². The molecular formula is C17H16ClN3OS. The maximum absolute atomic E-state index is 9.71. The number of hydrogen-bond acceptors (Lipinski definition) is 5. The van der Waals surface area contributed by atoms with E-state index in [1.165, 1.54) is 0 Å². The van der Waals surface area contributed by atoms with Crippen LogP contribution in [-0.4, -0.2) is 32.0 Å². The van der Waals surface area contributed by atoms with E-state index in [-0.39, 0.29) is 17.8 Å². The Morgan fingerprint density at radius 2 is 2.17 bits per heavy atom. The Kier molecular flexibility index (Phi) is 3.70. The molecule has 0 aliphatic carbocycles. The average Bonchev–Trinajstić information content (AvgIpc) is 3.07. The number of nitrogens with zero attached hydrogens (tertiary/aromatic N) is 3. The van der Waals surface area contributed by atoms with Crippen LogP contribution in [0, 0.1) is 0 Å². The predicted octanol–water partition coefficient (Wildman–Crippen LogP) is 4.03. The second-order valence-corrected chi connectivity index (χ2v) is 7.66. The lowest BCUT2D eigenvalue weighted by molar-refractivity contribution is 0.321. The van der Waals surface area contributed by atoms with Gasteiger partial charge in [-0.25, -0.2) is 0 Å². The largest absolute Gasteiger partial charge is 0.506 e. The summed E-state index contributed by atoms with van der Waals surface area (Å²) in [5.41, 5.74) is 2.01. The number of pyridine rings is 1. The number of rotatable bonds is 2. The van der Waals surface area contributed by atoms with Crippen LogP contribution in [0.25, 0.3) is 0 Å². The van der Waals surface area contributed by atoms with Gasteiger partial charge in [0.05, 0.1) is 16.8 Å². The molecule has 1 N–H and O–H groups in total. The summed E-state index contributed by atoms with van der Waals surface area (Å²) in [6.45, 7) is 3.16. The Bertz CT molecular complexity index is 768. The summed E-state index contributed by atoms with van der Waals surface area (Å²) < 4.78 is 0. The molecule has 118 valence electrons. The fraction of sp³-hybridized carbons (Fsp3) is 0.294. The zero-order valence-electron chi connectivity index (χ0n) is 12.6. The van der Waals surface area contributed by atoms with Crippen molar-refractivity contribution < 1.29 is 5.11 Å². The minimum absolute atomic E-state index is 0.0493. The fourth-order valence-corrected chi connectivity index (χ4v) is 4.47. The number of halogens is 1. The van der Waals surface area contributed by atoms with Gasteiger partial charge in [0, 0.05) is 18.0 Å². The SMILES string of the molecule is CC1CN2C(=NC(c3ccccn3)C2c2ccc(O)c(Cl)c2)S1. The summed E-state index contributed by atoms with van der Waals surface area (Å²) in [6.07, 6.45) is 1.80. The number of phenols is 1. The number of benzene rings is 1. The molecule has 3 heterocycles. The average molecular weight is 346 g/mol. The summed E-state index contributed by atoms with van der Waals surface area (Å²) in [7, 11) is 0. The van der Waals surface area contributed by atoms with Gasteiger partial charge in [-0.15, -0.1) is 0 Å². The highest BCUT2D eigenvalue weighted by atomic mass is 35.5. The molecule has 3 atom stereocenters. The minimum atomic E-state index is -0.0493. The second-order valence-electron chi connectivity index (χ2n) is 5.85. The molecule has 0 amide bonds. The molecule has 6 heteroatoms. The monoisotopic (exact) mass is 345 g/mol. The smallest absolute Gasteiger partial charge is 0.160 e. The van der Waals surface area contributed by atoms with Crippen molar-refractivity contribution in [1.82, 2.24) is 9.88 Å². The molecule has 1 aromatic carbocycles. The van der Waals surface area contributed by atoms with Gasteiger partial charge >= 0.3 is 0 Å². The Hall–Kier alpha value is -1.72. The van der Waals surface area contributed by atoms with Crippen LogP contribution in [0.15, 0.2) is 47.6 Å². The van der Waals surface area contributed by atoms with Gasteiger partial charge in [0.1, 0.15) is 11.8 Å². The van der Waals surface area contributed by atoms with Crippen molar-refractivity contribution in [3.63, 3.8) is 0 Å². The number of aromatic nitrogens is 1. The van der Waals surface area contributed by atoms with E-state index in [4.69, 9.17) is 16.6 Å². The summed E-state index contributed by atoms with van der Waals surface area (Å²) in [4.78, 5) is 11.7. The second kappa shape index (κ2) is 5.73. The maximum atomic E-state index is 9.71. The van der Waals surface area contributed by atoms with Crippen LogP contribution in [0.1, 0.15) is 30.3 Å². The first-order valence-electron chi connectivity index (χ1n) is 7.54. The Balaban J connectivity index is 1.79. The van der Waals surface area contributed by atoms with Gasteiger partial charge in [-0.3, -0.25) is 9.98 Å². The van der Waals surface area contributed by atoms with E-state index in [1.807, 2.05) is 30.3 Å². The summed E-state index contributed by atoms with van der Waals surface area (Å²) in [5.74, 6) is 0.105. The lowest BCUT2D eigenvalue weighted by Gasteiger charge is -2.27. The zero-order valence-corrected chi connectivity index (χ0v) is 14.1. The molecule has 0 spiro atoms. The molecule has 4 rings (SSSR count). The van der Waals surface area contributed by atoms with E-state index < -0.39 is 0 Å². The van der Waals surface area contributed by atoms with Crippen LogP contribution < -0.4 is 0 Å². The van der Waals surface area contributed by atoms with Crippen LogP contribution in [0.5, 0.6) is 5.75 Å². The van der Waals surface area contributed by atoms with Crippen molar-refractivity contribution in [3.05, 3.63) is 58.9 Å². The van der Waals surface area contributed by atoms with Gasteiger partial charge in [0.2, 0.25) is 0 Å². The van der Waals surface area contributed by atoms with Crippen molar-refractivity contribution in [2.75, 3.05) is 6.54 Å². The molecule has 1 saturated heterocycles. The predicted molar refractivity (Wildman–Crippen MR) is 94.0 cm³/mol. The number of hydrogen-bond donors (Lipinski definition) is 1. The molecule has 3 unspecified atom stereocenters. The van der Waals surface area contributed by atoms with Crippen LogP contribution >= 0.6 is 23.4 Å². The maximum Gasteiger partial charge on any atom is 0.160 e. The summed E-state index contributed by atoms with van der Waals surface area (Å²) >= 11 is 7.94. The zero-order chi connectivity index (χ0) is 16.0. The first-order chi connectivity index (χ1) is 11.1. The lowest BCUT2D eigenvalue weighted by Crippen LogP contribution is -2.28. The molecule has 4 nitrogen and oxygen atoms in total. The molecule has 1 fully saturated rings. The van der Waals surface area contributed by atoms with Crippen molar-refractivity contribution in [2.45, 2.75) is 24.3 Å². The number of phenolic OH excluding ortho intramolecular Hbond substituents is 1. The van der Waals surface area contributed by atoms with Crippen molar-refractivity contribution >= 4 is 28.5 Å². The third-order valence-corrected chi connectivity index (χ3v) is 5.60. The number of fused-ring (bicyclic) bond motifs is 1. The third kappa shape index (κ3) is 2.58. The normalized spacial score (nSPS) is 26.3. The van der Waals surface area contributed by atoms with Crippen molar-refractivity contribution in [2.24, 2.45) is 4.99 Å². The van der Waals surface area contributed by atoms with E-state index in [9.17, 15) is 5.11 Å². The minimum Gasteiger partial charge on any atom is -0.506 e. The molecule has 0 radical (unpaired) electrons. The van der Waals surface area contributed by atoms with E-state index >= 15 is 0 Å².